The van der Waals surface area contributed by atoms with E-state index in [2.05, 4.69) is 4.72 Å². The van der Waals surface area contributed by atoms with E-state index in [0.29, 0.717) is 19.5 Å². The fraction of sp³-hybridized carbons (Fsp3) is 0.533. The highest BCUT2D eigenvalue weighted by atomic mass is 32.2. The summed E-state index contributed by atoms with van der Waals surface area (Å²) in [5, 5.41) is 0. The van der Waals surface area contributed by atoms with Gasteiger partial charge in [0.2, 0.25) is 15.9 Å². The fourth-order valence-corrected chi connectivity index (χ4v) is 3.42. The summed E-state index contributed by atoms with van der Waals surface area (Å²) in [5.74, 6) is 0.109. The van der Waals surface area contributed by atoms with Crippen molar-refractivity contribution in [2.45, 2.75) is 43.9 Å². The Bertz CT molecular complexity index is 581. The number of nitrogens with one attached hydrogen (secondary N) is 1. The lowest BCUT2D eigenvalue weighted by molar-refractivity contribution is -0.119. The number of benzene rings is 1. The number of unbranched alkanes of at least 4 members (excludes halogenated alkanes) is 1. The molecule has 1 fully saturated rings. The lowest BCUT2D eigenvalue weighted by Crippen LogP contribution is -2.35. The van der Waals surface area contributed by atoms with Gasteiger partial charge in [0.1, 0.15) is 0 Å². The van der Waals surface area contributed by atoms with Crippen molar-refractivity contribution >= 4 is 21.6 Å². The van der Waals surface area contributed by atoms with Crippen LogP contribution in [0.2, 0.25) is 0 Å². The second-order valence-electron chi connectivity index (χ2n) is 5.25. The third kappa shape index (κ3) is 4.04. The van der Waals surface area contributed by atoms with Crippen molar-refractivity contribution in [1.82, 2.24) is 4.72 Å². The third-order valence-electron chi connectivity index (χ3n) is 3.60. The number of carbonyl (C=O) groups is 1. The second kappa shape index (κ2) is 7.04. The van der Waals surface area contributed by atoms with Crippen molar-refractivity contribution in [3.63, 3.8) is 0 Å². The predicted molar refractivity (Wildman–Crippen MR) is 82.7 cm³/mol. The number of carbonyl (C=O) groups excluding carboxylic acids is 1. The highest BCUT2D eigenvalue weighted by molar-refractivity contribution is 7.89. The molecule has 6 heteroatoms. The maximum absolute atomic E-state index is 12.1. The minimum absolute atomic E-state index is 0.109. The van der Waals surface area contributed by atoms with Crippen LogP contribution in [-0.4, -0.2) is 27.4 Å². The van der Waals surface area contributed by atoms with Crippen LogP contribution in [0.15, 0.2) is 29.2 Å². The number of rotatable bonds is 6. The third-order valence-corrected chi connectivity index (χ3v) is 5.08. The maximum atomic E-state index is 12.1. The van der Waals surface area contributed by atoms with E-state index in [1.54, 1.807) is 29.2 Å². The Hall–Kier alpha value is -1.40. The van der Waals surface area contributed by atoms with E-state index in [1.807, 2.05) is 6.92 Å². The zero-order valence-corrected chi connectivity index (χ0v) is 13.2. The van der Waals surface area contributed by atoms with Crippen LogP contribution in [0.1, 0.15) is 39.0 Å². The molecule has 0 atom stereocenters. The molecule has 1 N–H and O–H groups in total. The number of hydrogen-bond acceptors (Lipinski definition) is 3. The monoisotopic (exact) mass is 310 g/mol. The summed E-state index contributed by atoms with van der Waals surface area (Å²) in [7, 11) is -3.45. The number of piperidine rings is 1. The van der Waals surface area contributed by atoms with E-state index in [9.17, 15) is 13.2 Å². The van der Waals surface area contributed by atoms with Gasteiger partial charge in [0, 0.05) is 25.2 Å². The van der Waals surface area contributed by atoms with Gasteiger partial charge in [-0.25, -0.2) is 13.1 Å². The fourth-order valence-electron chi connectivity index (χ4n) is 2.35. The zero-order valence-electron chi connectivity index (χ0n) is 12.3. The lowest BCUT2D eigenvalue weighted by atomic mass is 10.1. The smallest absolute Gasteiger partial charge is 0.240 e. The first-order chi connectivity index (χ1) is 10.0. The molecule has 1 aliphatic rings. The van der Waals surface area contributed by atoms with E-state index in [0.717, 1.165) is 31.4 Å². The van der Waals surface area contributed by atoms with Crippen molar-refractivity contribution < 1.29 is 13.2 Å². The molecule has 21 heavy (non-hydrogen) atoms. The van der Waals surface area contributed by atoms with Gasteiger partial charge >= 0.3 is 0 Å². The number of hydrogen-bond donors (Lipinski definition) is 1. The Labute approximate surface area is 126 Å². The van der Waals surface area contributed by atoms with Gasteiger partial charge in [0.25, 0.3) is 0 Å². The summed E-state index contributed by atoms with van der Waals surface area (Å²) in [6.07, 6.45) is 4.25. The molecule has 1 heterocycles. The maximum Gasteiger partial charge on any atom is 0.240 e. The highest BCUT2D eigenvalue weighted by Crippen LogP contribution is 2.22. The Morgan fingerprint density at radius 2 is 1.90 bits per heavy atom. The minimum atomic E-state index is -3.45. The van der Waals surface area contributed by atoms with Crippen molar-refractivity contribution in [3.05, 3.63) is 24.3 Å². The van der Waals surface area contributed by atoms with Crippen LogP contribution in [0.3, 0.4) is 0 Å². The van der Waals surface area contributed by atoms with E-state index >= 15 is 0 Å². The van der Waals surface area contributed by atoms with Crippen LogP contribution < -0.4 is 9.62 Å². The van der Waals surface area contributed by atoms with Crippen molar-refractivity contribution in [2.24, 2.45) is 0 Å². The van der Waals surface area contributed by atoms with E-state index < -0.39 is 10.0 Å². The summed E-state index contributed by atoms with van der Waals surface area (Å²) >= 11 is 0. The van der Waals surface area contributed by atoms with Crippen LogP contribution in [0, 0.1) is 0 Å². The molecule has 0 unspecified atom stereocenters. The Morgan fingerprint density at radius 1 is 1.19 bits per heavy atom. The van der Waals surface area contributed by atoms with E-state index in [-0.39, 0.29) is 10.8 Å². The minimum Gasteiger partial charge on any atom is -0.312 e. The normalized spacial score (nSPS) is 16.2. The second-order valence-corrected chi connectivity index (χ2v) is 7.01. The number of sulfonamides is 1. The summed E-state index contributed by atoms with van der Waals surface area (Å²) in [5.41, 5.74) is 0.771. The van der Waals surface area contributed by atoms with Gasteiger partial charge in [-0.3, -0.25) is 4.79 Å². The first kappa shape index (κ1) is 16.0. The lowest BCUT2D eigenvalue weighted by Gasteiger charge is -2.26. The SMILES string of the molecule is CCCCNS(=O)(=O)c1ccc(N2CCCCC2=O)cc1. The van der Waals surface area contributed by atoms with Crippen LogP contribution in [0.5, 0.6) is 0 Å². The number of nitrogens with zero attached hydrogens (tertiary/aromatic N) is 1. The van der Waals surface area contributed by atoms with Gasteiger partial charge in [-0.15, -0.1) is 0 Å². The molecule has 0 aromatic heterocycles. The molecule has 0 radical (unpaired) electrons. The quantitative estimate of drug-likeness (QED) is 0.820. The molecule has 116 valence electrons. The predicted octanol–water partition coefficient (Wildman–Crippen LogP) is 2.28. The van der Waals surface area contributed by atoms with E-state index in [1.165, 1.54) is 0 Å². The molecule has 1 aromatic rings. The molecule has 1 amide bonds. The molecule has 2 rings (SSSR count). The summed E-state index contributed by atoms with van der Waals surface area (Å²) in [6.45, 7) is 3.17. The van der Waals surface area contributed by atoms with Crippen LogP contribution in [0.25, 0.3) is 0 Å². The van der Waals surface area contributed by atoms with Gasteiger partial charge in [0.05, 0.1) is 4.90 Å². The molecule has 1 saturated heterocycles. The number of amides is 1. The molecule has 5 nitrogen and oxygen atoms in total. The van der Waals surface area contributed by atoms with Gasteiger partial charge in [-0.1, -0.05) is 13.3 Å². The van der Waals surface area contributed by atoms with Crippen molar-refractivity contribution in [1.29, 1.82) is 0 Å². The summed E-state index contributed by atoms with van der Waals surface area (Å²) in [6, 6.07) is 6.53. The largest absolute Gasteiger partial charge is 0.312 e. The number of anilines is 1. The molecular weight excluding hydrogens is 288 g/mol. The van der Waals surface area contributed by atoms with Crippen LogP contribution >= 0.6 is 0 Å². The molecular formula is C15H22N2O3S. The standard InChI is InChI=1S/C15H22N2O3S/c1-2-3-11-16-21(19,20)14-9-7-13(8-10-14)17-12-5-4-6-15(17)18/h7-10,16H,2-6,11-12H2,1H3. The molecule has 0 saturated carbocycles. The summed E-state index contributed by atoms with van der Waals surface area (Å²) < 4.78 is 26.7. The van der Waals surface area contributed by atoms with Gasteiger partial charge in [0.15, 0.2) is 0 Å². The zero-order chi connectivity index (χ0) is 15.3. The molecule has 0 aliphatic carbocycles. The van der Waals surface area contributed by atoms with Gasteiger partial charge < -0.3 is 4.90 Å². The Morgan fingerprint density at radius 3 is 2.52 bits per heavy atom. The molecule has 1 aromatic carbocycles. The Kier molecular flexibility index (Phi) is 5.36. The first-order valence-corrected chi connectivity index (χ1v) is 8.93. The van der Waals surface area contributed by atoms with E-state index in [4.69, 9.17) is 0 Å². The topological polar surface area (TPSA) is 66.5 Å². The van der Waals surface area contributed by atoms with Crippen LogP contribution in [-0.2, 0) is 14.8 Å². The molecule has 1 aliphatic heterocycles. The summed E-state index contributed by atoms with van der Waals surface area (Å²) in [4.78, 5) is 13.8. The van der Waals surface area contributed by atoms with Crippen LogP contribution in [0.4, 0.5) is 5.69 Å². The average Bonchev–Trinajstić information content (AvgIpc) is 2.48. The van der Waals surface area contributed by atoms with Gasteiger partial charge in [-0.2, -0.15) is 0 Å². The molecule has 0 spiro atoms. The highest BCUT2D eigenvalue weighted by Gasteiger charge is 2.20. The molecule has 0 bridgehead atoms. The van der Waals surface area contributed by atoms with Gasteiger partial charge in [-0.05, 0) is 43.5 Å². The first-order valence-electron chi connectivity index (χ1n) is 7.44. The Balaban J connectivity index is 2.09. The van der Waals surface area contributed by atoms with Crippen molar-refractivity contribution in [2.75, 3.05) is 18.0 Å². The average molecular weight is 310 g/mol. The van der Waals surface area contributed by atoms with Crippen molar-refractivity contribution in [3.8, 4) is 0 Å².